The van der Waals surface area contributed by atoms with Crippen molar-refractivity contribution in [3.63, 3.8) is 0 Å². The number of aliphatic hydroxyl groups is 1. The van der Waals surface area contributed by atoms with Gasteiger partial charge in [-0.1, -0.05) is 53.0 Å². The van der Waals surface area contributed by atoms with E-state index in [9.17, 15) is 33.2 Å². The maximum Gasteiger partial charge on any atom is 0.416 e. The number of nitrogens with zero attached hydrogens (tertiary/aromatic N) is 4. The topological polar surface area (TPSA) is 146 Å². The van der Waals surface area contributed by atoms with Crippen LogP contribution in [0.1, 0.15) is 66.8 Å². The number of carbonyl (C=O) groups excluding carboxylic acids is 1. The van der Waals surface area contributed by atoms with Gasteiger partial charge >= 0.3 is 11.9 Å². The number of Topliss-reactive ketones (excluding diaryl/α,β-unsaturated/α-hetero) is 1. The normalized spacial score (nSPS) is 15.6. The molecule has 242 valence electrons. The minimum Gasteiger partial charge on any atom is -0.511 e. The van der Waals surface area contributed by atoms with Crippen LogP contribution in [0.25, 0.3) is 5.69 Å². The second-order valence-corrected chi connectivity index (χ2v) is 11.2. The Labute approximate surface area is 267 Å². The number of aromatic nitrogens is 2. The number of hydrogen-bond donors (Lipinski definition) is 2. The van der Waals surface area contributed by atoms with Crippen molar-refractivity contribution in [2.45, 2.75) is 66.0 Å². The molecular weight excluding hydrogens is 638 g/mol. The summed E-state index contributed by atoms with van der Waals surface area (Å²) in [4.78, 5) is 27.7. The van der Waals surface area contributed by atoms with Crippen LogP contribution in [0, 0.1) is 30.9 Å². The zero-order chi connectivity index (χ0) is 33.8. The molecule has 1 aliphatic carbocycles. The number of anilines is 1. The minimum atomic E-state index is -4.63. The van der Waals surface area contributed by atoms with Gasteiger partial charge < -0.3 is 15.7 Å². The Balaban J connectivity index is 0.000000248. The van der Waals surface area contributed by atoms with Gasteiger partial charge in [0.05, 0.1) is 31.8 Å². The fourth-order valence-corrected chi connectivity index (χ4v) is 5.94. The number of nitrogens with two attached hydrogens (primary N) is 1. The molecule has 0 fully saturated rings. The average Bonchev–Trinajstić information content (AvgIpc) is 3.30. The monoisotopic (exact) mass is 669 g/mol. The molecule has 0 bridgehead atoms. The van der Waals surface area contributed by atoms with Crippen molar-refractivity contribution in [2.24, 2.45) is 5.16 Å². The predicted molar refractivity (Wildman–Crippen MR) is 166 cm³/mol. The quantitative estimate of drug-likeness (QED) is 0.146. The third kappa shape index (κ3) is 7.95. The standard InChI is InChI=1S/C20H27NO3.C10H5Cl2F3N4O2/c1-6-16(21-24-7-2)20-17(22)10-15(11-18(20)23)19-13(4)8-12(3)9-14(19)5;11-5-1-4(10(13,14)15)2-6(12)8(5)18-9(16)7(3-17-18)19(20)21/h8-9,15,22H,6-7,10-11H2,1-5H3;1-3H,16H2/b21-16+;. The number of alkyl halides is 3. The number of allylic oxidation sites excluding steroid dienone is 2. The number of aryl methyl sites for hydroxylation is 3. The van der Waals surface area contributed by atoms with E-state index in [2.05, 4.69) is 43.2 Å². The molecule has 45 heavy (non-hydrogen) atoms. The number of aliphatic hydroxyl groups excluding tert-OH is 1. The molecule has 4 rings (SSSR count). The molecule has 0 saturated heterocycles. The molecule has 15 heteroatoms. The van der Waals surface area contributed by atoms with Crippen LogP contribution < -0.4 is 5.73 Å². The molecule has 1 unspecified atom stereocenters. The summed E-state index contributed by atoms with van der Waals surface area (Å²) in [6.45, 7) is 10.4. The molecule has 10 nitrogen and oxygen atoms in total. The Morgan fingerprint density at radius 1 is 1.16 bits per heavy atom. The summed E-state index contributed by atoms with van der Waals surface area (Å²) in [5, 5.41) is 28.1. The van der Waals surface area contributed by atoms with E-state index >= 15 is 0 Å². The molecule has 0 radical (unpaired) electrons. The van der Waals surface area contributed by atoms with Crippen LogP contribution in [-0.4, -0.2) is 37.9 Å². The highest BCUT2D eigenvalue weighted by Gasteiger charge is 2.34. The number of carbonyl (C=O) groups is 1. The van der Waals surface area contributed by atoms with Crippen LogP contribution in [0.3, 0.4) is 0 Å². The van der Waals surface area contributed by atoms with Crippen molar-refractivity contribution in [1.82, 2.24) is 9.78 Å². The third-order valence-corrected chi connectivity index (χ3v) is 7.63. The molecule has 3 aromatic rings. The first kappa shape index (κ1) is 35.4. The van der Waals surface area contributed by atoms with Crippen LogP contribution in [0.5, 0.6) is 0 Å². The lowest BCUT2D eigenvalue weighted by atomic mass is 9.78. The fraction of sp³-hybridized carbons (Fsp3) is 0.367. The van der Waals surface area contributed by atoms with E-state index in [4.69, 9.17) is 33.8 Å². The number of oxime groups is 1. The third-order valence-electron chi connectivity index (χ3n) is 7.05. The molecule has 1 heterocycles. The van der Waals surface area contributed by atoms with Gasteiger partial charge in [-0.2, -0.15) is 18.3 Å². The zero-order valence-corrected chi connectivity index (χ0v) is 26.6. The molecule has 0 aliphatic heterocycles. The van der Waals surface area contributed by atoms with Gasteiger partial charge in [0.2, 0.25) is 5.82 Å². The highest BCUT2D eigenvalue weighted by Crippen LogP contribution is 2.40. The molecular formula is C30H32Cl2F3N5O5. The summed E-state index contributed by atoms with van der Waals surface area (Å²) in [5.74, 6) is -0.296. The van der Waals surface area contributed by atoms with Gasteiger partial charge in [-0.15, -0.1) is 0 Å². The van der Waals surface area contributed by atoms with E-state index in [0.717, 1.165) is 10.9 Å². The maximum atomic E-state index is 12.7. The molecule has 1 aromatic heterocycles. The summed E-state index contributed by atoms with van der Waals surface area (Å²) in [5.41, 5.74) is 9.43. The van der Waals surface area contributed by atoms with Crippen LogP contribution in [0.15, 0.2) is 47.0 Å². The SMILES string of the molecule is CCO/N=C(\CC)C1=C(O)CC(c2c(C)cc(C)cc2C)CC1=O.Nc1c([N+](=O)[O-])cnn1-c1c(Cl)cc(C(F)(F)F)cc1Cl. The van der Waals surface area contributed by atoms with Crippen molar-refractivity contribution in [2.75, 3.05) is 12.3 Å². The first-order valence-corrected chi connectivity index (χ1v) is 14.5. The Bertz CT molecular complexity index is 1640. The molecule has 2 aromatic carbocycles. The number of ketones is 1. The summed E-state index contributed by atoms with van der Waals surface area (Å²) in [6.07, 6.45) is -2.36. The van der Waals surface area contributed by atoms with E-state index in [0.29, 0.717) is 49.3 Å². The minimum absolute atomic E-state index is 0.0204. The number of halogens is 5. The largest absolute Gasteiger partial charge is 0.511 e. The fourth-order valence-electron chi connectivity index (χ4n) is 5.29. The smallest absolute Gasteiger partial charge is 0.416 e. The molecule has 0 spiro atoms. The van der Waals surface area contributed by atoms with Gasteiger partial charge in [0.15, 0.2) is 5.78 Å². The van der Waals surface area contributed by atoms with Crippen molar-refractivity contribution in [1.29, 1.82) is 0 Å². The lowest BCUT2D eigenvalue weighted by Gasteiger charge is -2.27. The van der Waals surface area contributed by atoms with Gasteiger partial charge in [0.25, 0.3) is 0 Å². The number of rotatable bonds is 7. The predicted octanol–water partition coefficient (Wildman–Crippen LogP) is 8.36. The van der Waals surface area contributed by atoms with E-state index in [1.807, 2.05) is 13.8 Å². The van der Waals surface area contributed by atoms with Crippen molar-refractivity contribution < 1.29 is 32.8 Å². The molecule has 3 N–H and O–H groups in total. The van der Waals surface area contributed by atoms with Gasteiger partial charge in [-0.05, 0) is 68.9 Å². The van der Waals surface area contributed by atoms with Gasteiger partial charge in [0.1, 0.15) is 24.3 Å². The Kier molecular flexibility index (Phi) is 11.3. The summed E-state index contributed by atoms with van der Waals surface area (Å²) >= 11 is 11.5. The molecule has 0 amide bonds. The highest BCUT2D eigenvalue weighted by atomic mass is 35.5. The summed E-state index contributed by atoms with van der Waals surface area (Å²) < 4.78 is 38.7. The van der Waals surface area contributed by atoms with Gasteiger partial charge in [-0.3, -0.25) is 14.9 Å². The number of benzene rings is 2. The number of nitrogen functional groups attached to an aromatic ring is 1. The van der Waals surface area contributed by atoms with Crippen LogP contribution in [0.2, 0.25) is 10.0 Å². The lowest BCUT2D eigenvalue weighted by molar-refractivity contribution is -0.383. The van der Waals surface area contributed by atoms with E-state index in [1.165, 1.54) is 22.3 Å². The molecule has 0 saturated carbocycles. The second kappa shape index (κ2) is 14.3. The first-order valence-electron chi connectivity index (χ1n) is 13.8. The van der Waals surface area contributed by atoms with E-state index < -0.39 is 28.2 Å². The van der Waals surface area contributed by atoms with Crippen LogP contribution in [-0.2, 0) is 15.8 Å². The van der Waals surface area contributed by atoms with Gasteiger partial charge in [-0.25, -0.2) is 4.68 Å². The Hall–Kier alpha value is -4.10. The molecule has 1 aliphatic rings. The average molecular weight is 671 g/mol. The zero-order valence-electron chi connectivity index (χ0n) is 25.1. The van der Waals surface area contributed by atoms with Crippen LogP contribution in [0.4, 0.5) is 24.7 Å². The van der Waals surface area contributed by atoms with Gasteiger partial charge in [0, 0.05) is 12.8 Å². The number of nitro groups is 1. The highest BCUT2D eigenvalue weighted by molar-refractivity contribution is 6.38. The molecule has 1 atom stereocenters. The Morgan fingerprint density at radius 3 is 2.18 bits per heavy atom. The van der Waals surface area contributed by atoms with Crippen molar-refractivity contribution in [3.05, 3.63) is 89.8 Å². The van der Waals surface area contributed by atoms with E-state index in [-0.39, 0.29) is 33.2 Å². The maximum absolute atomic E-state index is 12.7. The van der Waals surface area contributed by atoms with E-state index in [1.54, 1.807) is 0 Å². The summed E-state index contributed by atoms with van der Waals surface area (Å²) in [7, 11) is 0. The summed E-state index contributed by atoms with van der Waals surface area (Å²) in [6, 6.07) is 5.54. The van der Waals surface area contributed by atoms with Crippen LogP contribution >= 0.6 is 23.2 Å². The lowest BCUT2D eigenvalue weighted by Crippen LogP contribution is -2.24. The second-order valence-electron chi connectivity index (χ2n) is 10.3. The first-order chi connectivity index (χ1) is 21.0. The van der Waals surface area contributed by atoms with Crippen molar-refractivity contribution >= 4 is 46.2 Å². The number of hydrogen-bond acceptors (Lipinski definition) is 8. The Morgan fingerprint density at radius 2 is 1.73 bits per heavy atom. The van der Waals surface area contributed by atoms with Crippen molar-refractivity contribution in [3.8, 4) is 5.69 Å².